The van der Waals surface area contributed by atoms with Gasteiger partial charge in [-0.05, 0) is 38.7 Å². The molecule has 0 saturated carbocycles. The second kappa shape index (κ2) is 11.5. The van der Waals surface area contributed by atoms with Gasteiger partial charge in [0.1, 0.15) is 11.5 Å². The molecule has 0 spiro atoms. The first-order valence-corrected chi connectivity index (χ1v) is 8.32. The number of nitrogens with one attached hydrogen (secondary N) is 2. The van der Waals surface area contributed by atoms with Crippen molar-refractivity contribution in [3.05, 3.63) is 23.8 Å². The summed E-state index contributed by atoms with van der Waals surface area (Å²) >= 11 is 0. The van der Waals surface area contributed by atoms with Crippen molar-refractivity contribution in [2.24, 2.45) is 4.99 Å². The number of methoxy groups -OCH3 is 1. The predicted octanol–water partition coefficient (Wildman–Crippen LogP) is 2.30. The van der Waals surface area contributed by atoms with Crippen LogP contribution in [0.4, 0.5) is 8.78 Å². The number of alkyl halides is 2. The van der Waals surface area contributed by atoms with Crippen LogP contribution in [-0.2, 0) is 6.54 Å². The number of benzene rings is 1. The second-order valence-electron chi connectivity index (χ2n) is 5.37. The van der Waals surface area contributed by atoms with Crippen molar-refractivity contribution in [1.82, 2.24) is 15.5 Å². The van der Waals surface area contributed by atoms with E-state index in [1.807, 2.05) is 14.0 Å². The molecule has 0 aliphatic heterocycles. The zero-order chi connectivity index (χ0) is 18.7. The molecule has 25 heavy (non-hydrogen) atoms. The van der Waals surface area contributed by atoms with Crippen LogP contribution < -0.4 is 20.1 Å². The summed E-state index contributed by atoms with van der Waals surface area (Å²) < 4.78 is 34.8. The summed E-state index contributed by atoms with van der Waals surface area (Å²) in [5.74, 6) is 1.29. The molecule has 0 radical (unpaired) electrons. The monoisotopic (exact) mass is 358 g/mol. The molecule has 8 heteroatoms. The fourth-order valence-electron chi connectivity index (χ4n) is 2.05. The molecular weight excluding hydrogens is 330 g/mol. The first-order valence-electron chi connectivity index (χ1n) is 8.32. The van der Waals surface area contributed by atoms with Crippen LogP contribution in [0.15, 0.2) is 23.2 Å². The van der Waals surface area contributed by atoms with Gasteiger partial charge in [-0.15, -0.1) is 0 Å². The first kappa shape index (κ1) is 21.0. The van der Waals surface area contributed by atoms with Crippen molar-refractivity contribution in [1.29, 1.82) is 0 Å². The summed E-state index contributed by atoms with van der Waals surface area (Å²) in [5.41, 5.74) is 0.530. The van der Waals surface area contributed by atoms with Crippen molar-refractivity contribution in [2.45, 2.75) is 27.0 Å². The number of hydrogen-bond donors (Lipinski definition) is 2. The average molecular weight is 358 g/mol. The van der Waals surface area contributed by atoms with Gasteiger partial charge in [-0.1, -0.05) is 6.92 Å². The van der Waals surface area contributed by atoms with Gasteiger partial charge in [-0.3, -0.25) is 0 Å². The fourth-order valence-corrected chi connectivity index (χ4v) is 2.05. The minimum atomic E-state index is -2.88. The molecule has 2 N–H and O–H groups in total. The highest BCUT2D eigenvalue weighted by molar-refractivity contribution is 5.79. The summed E-state index contributed by atoms with van der Waals surface area (Å²) in [6.45, 7) is 4.64. The molecule has 142 valence electrons. The fraction of sp³-hybridized carbons (Fsp3) is 0.588. The van der Waals surface area contributed by atoms with Crippen molar-refractivity contribution in [3.8, 4) is 11.5 Å². The molecule has 0 aliphatic carbocycles. The summed E-state index contributed by atoms with van der Waals surface area (Å²) in [4.78, 5) is 6.62. The number of nitrogens with zero attached hydrogens (tertiary/aromatic N) is 2. The molecule has 0 bridgehead atoms. The molecule has 0 fully saturated rings. The lowest BCUT2D eigenvalue weighted by atomic mass is 10.2. The first-order chi connectivity index (χ1) is 12.0. The van der Waals surface area contributed by atoms with E-state index in [2.05, 4.69) is 32.2 Å². The quantitative estimate of drug-likeness (QED) is 0.497. The molecule has 0 aromatic heterocycles. The minimum absolute atomic E-state index is 0.0983. The lowest BCUT2D eigenvalue weighted by Crippen LogP contribution is -2.40. The maximum Gasteiger partial charge on any atom is 0.387 e. The second-order valence-corrected chi connectivity index (χ2v) is 5.37. The Kier molecular flexibility index (Phi) is 9.61. The normalized spacial score (nSPS) is 11.8. The summed E-state index contributed by atoms with van der Waals surface area (Å²) in [7, 11) is 3.56. The highest BCUT2D eigenvalue weighted by Crippen LogP contribution is 2.26. The van der Waals surface area contributed by atoms with E-state index in [1.54, 1.807) is 12.1 Å². The van der Waals surface area contributed by atoms with Gasteiger partial charge >= 0.3 is 6.61 Å². The number of hydrogen-bond acceptors (Lipinski definition) is 4. The molecule has 1 aromatic rings. The Morgan fingerprint density at radius 1 is 1.28 bits per heavy atom. The Balaban J connectivity index is 2.82. The highest BCUT2D eigenvalue weighted by Gasteiger charge is 2.11. The van der Waals surface area contributed by atoms with E-state index in [1.165, 1.54) is 13.2 Å². The lowest BCUT2D eigenvalue weighted by Gasteiger charge is -2.16. The smallest absolute Gasteiger partial charge is 0.387 e. The maximum atomic E-state index is 12.6. The van der Waals surface area contributed by atoms with E-state index in [9.17, 15) is 8.78 Å². The van der Waals surface area contributed by atoms with Gasteiger partial charge in [0.15, 0.2) is 5.96 Å². The third kappa shape index (κ3) is 8.02. The van der Waals surface area contributed by atoms with Gasteiger partial charge in [0.05, 0.1) is 13.7 Å². The van der Waals surface area contributed by atoms with Gasteiger partial charge in [-0.2, -0.15) is 8.78 Å². The number of rotatable bonds is 10. The standard InChI is InChI=1S/C17H28F2N4O2/c1-5-20-17(21-9-10-23(3)6-2)22-12-13-11-14(24-4)7-8-15(13)25-16(18)19/h7-8,11,16H,5-6,9-10,12H2,1-4H3,(H2,20,21,22). The van der Waals surface area contributed by atoms with Gasteiger partial charge in [-0.25, -0.2) is 4.99 Å². The van der Waals surface area contributed by atoms with Crippen LogP contribution in [-0.4, -0.2) is 57.8 Å². The van der Waals surface area contributed by atoms with E-state index in [0.29, 0.717) is 23.8 Å². The molecule has 1 rings (SSSR count). The molecule has 0 aliphatic rings. The predicted molar refractivity (Wildman–Crippen MR) is 95.6 cm³/mol. The zero-order valence-corrected chi connectivity index (χ0v) is 15.3. The zero-order valence-electron chi connectivity index (χ0n) is 15.3. The Morgan fingerprint density at radius 3 is 2.64 bits per heavy atom. The van der Waals surface area contributed by atoms with Crippen molar-refractivity contribution in [2.75, 3.05) is 40.3 Å². The molecule has 0 amide bonds. The number of ether oxygens (including phenoxy) is 2. The Labute approximate surface area is 148 Å². The van der Waals surface area contributed by atoms with Crippen LogP contribution in [0.3, 0.4) is 0 Å². The molecule has 1 aromatic carbocycles. The molecule has 0 unspecified atom stereocenters. The van der Waals surface area contributed by atoms with Crippen LogP contribution in [0, 0.1) is 0 Å². The largest absolute Gasteiger partial charge is 0.497 e. The lowest BCUT2D eigenvalue weighted by molar-refractivity contribution is -0.0504. The maximum absolute atomic E-state index is 12.6. The number of guanidine groups is 1. The van der Waals surface area contributed by atoms with Crippen LogP contribution in [0.25, 0.3) is 0 Å². The SMILES string of the molecule is CCNC(=NCc1cc(OC)ccc1OC(F)F)NCCN(C)CC. The molecule has 0 atom stereocenters. The minimum Gasteiger partial charge on any atom is -0.497 e. The van der Waals surface area contributed by atoms with Gasteiger partial charge in [0.25, 0.3) is 0 Å². The molecule has 0 saturated heterocycles. The highest BCUT2D eigenvalue weighted by atomic mass is 19.3. The van der Waals surface area contributed by atoms with Gasteiger partial charge in [0, 0.05) is 25.2 Å². The van der Waals surface area contributed by atoms with Gasteiger partial charge < -0.3 is 25.0 Å². The Hall–Kier alpha value is -2.09. The third-order valence-electron chi connectivity index (χ3n) is 3.56. The molecular formula is C17H28F2N4O2. The summed E-state index contributed by atoms with van der Waals surface area (Å²) in [5, 5.41) is 6.36. The van der Waals surface area contributed by atoms with Crippen molar-refractivity contribution >= 4 is 5.96 Å². The molecule has 6 nitrogen and oxygen atoms in total. The average Bonchev–Trinajstić information content (AvgIpc) is 2.59. The summed E-state index contributed by atoms with van der Waals surface area (Å²) in [6.07, 6.45) is 0. The van der Waals surface area contributed by atoms with Crippen LogP contribution in [0.1, 0.15) is 19.4 Å². The van der Waals surface area contributed by atoms with Gasteiger partial charge in [0.2, 0.25) is 0 Å². The third-order valence-corrected chi connectivity index (χ3v) is 3.56. The number of likely N-dealkylation sites (N-methyl/N-ethyl adjacent to an activating group) is 1. The Bertz CT molecular complexity index is 541. The summed E-state index contributed by atoms with van der Waals surface area (Å²) in [6, 6.07) is 4.69. The number of aliphatic imine (C=N–C) groups is 1. The van der Waals surface area contributed by atoms with Crippen molar-refractivity contribution in [3.63, 3.8) is 0 Å². The Morgan fingerprint density at radius 2 is 2.04 bits per heavy atom. The van der Waals surface area contributed by atoms with E-state index < -0.39 is 6.61 Å². The topological polar surface area (TPSA) is 58.1 Å². The molecule has 0 heterocycles. The van der Waals surface area contributed by atoms with E-state index in [4.69, 9.17) is 4.74 Å². The van der Waals surface area contributed by atoms with Crippen LogP contribution >= 0.6 is 0 Å². The van der Waals surface area contributed by atoms with E-state index in [-0.39, 0.29) is 12.3 Å². The van der Waals surface area contributed by atoms with E-state index in [0.717, 1.165) is 19.6 Å². The van der Waals surface area contributed by atoms with Crippen molar-refractivity contribution < 1.29 is 18.3 Å². The van der Waals surface area contributed by atoms with Crippen LogP contribution in [0.2, 0.25) is 0 Å². The number of halogens is 2. The van der Waals surface area contributed by atoms with Crippen LogP contribution in [0.5, 0.6) is 11.5 Å². The van der Waals surface area contributed by atoms with E-state index >= 15 is 0 Å².